The van der Waals surface area contributed by atoms with Crippen LogP contribution in [-0.2, 0) is 9.84 Å². The van der Waals surface area contributed by atoms with Gasteiger partial charge >= 0.3 is 0 Å². The van der Waals surface area contributed by atoms with E-state index < -0.39 is 9.84 Å². The molecule has 2 heterocycles. The summed E-state index contributed by atoms with van der Waals surface area (Å²) in [6.45, 7) is 1.98. The van der Waals surface area contributed by atoms with Crippen molar-refractivity contribution in [2.24, 2.45) is 0 Å². The summed E-state index contributed by atoms with van der Waals surface area (Å²) < 4.78 is 23.1. The number of nitrogens with zero attached hydrogens (tertiary/aromatic N) is 2. The second-order valence-electron chi connectivity index (χ2n) is 4.52. The lowest BCUT2D eigenvalue weighted by atomic mass is 9.95. The lowest BCUT2D eigenvalue weighted by Gasteiger charge is -2.29. The average Bonchev–Trinajstić information content (AvgIpc) is 2.65. The molecular weight excluding hydrogens is 226 g/mol. The number of likely N-dealkylation sites (N-methyl/N-ethyl adjacent to an activating group) is 1. The molecular formula is C10H17N3O2S. The van der Waals surface area contributed by atoms with Crippen LogP contribution in [0.1, 0.15) is 24.5 Å². The maximum absolute atomic E-state index is 11.6. The van der Waals surface area contributed by atoms with Crippen molar-refractivity contribution >= 4 is 9.84 Å². The molecule has 1 aliphatic rings. The Hall–Kier alpha value is -0.880. The third-order valence-electron chi connectivity index (χ3n) is 3.06. The van der Waals surface area contributed by atoms with Crippen molar-refractivity contribution in [3.05, 3.63) is 11.9 Å². The Morgan fingerprint density at radius 3 is 2.94 bits per heavy atom. The number of rotatable bonds is 2. The molecule has 0 radical (unpaired) electrons. The van der Waals surface area contributed by atoms with Crippen molar-refractivity contribution in [3.63, 3.8) is 0 Å². The minimum Gasteiger partial charge on any atom is -0.306 e. The van der Waals surface area contributed by atoms with E-state index in [1.54, 1.807) is 0 Å². The Balaban J connectivity index is 2.30. The van der Waals surface area contributed by atoms with Crippen LogP contribution in [0.25, 0.3) is 0 Å². The molecule has 1 aromatic rings. The van der Waals surface area contributed by atoms with Crippen LogP contribution in [0.5, 0.6) is 0 Å². The van der Waals surface area contributed by atoms with Gasteiger partial charge in [0.05, 0.1) is 11.9 Å². The van der Waals surface area contributed by atoms with Crippen molar-refractivity contribution in [1.29, 1.82) is 0 Å². The summed E-state index contributed by atoms with van der Waals surface area (Å²) in [5.41, 5.74) is 0.772. The number of sulfone groups is 1. The van der Waals surface area contributed by atoms with Crippen molar-refractivity contribution in [3.8, 4) is 0 Å². The van der Waals surface area contributed by atoms with Crippen LogP contribution >= 0.6 is 0 Å². The molecule has 0 amide bonds. The molecule has 1 N–H and O–H groups in total. The van der Waals surface area contributed by atoms with E-state index in [0.29, 0.717) is 4.90 Å². The van der Waals surface area contributed by atoms with Gasteiger partial charge in [-0.2, -0.15) is 5.10 Å². The quantitative estimate of drug-likeness (QED) is 0.827. The van der Waals surface area contributed by atoms with Crippen molar-refractivity contribution < 1.29 is 8.42 Å². The molecule has 5 nitrogen and oxygen atoms in total. The number of piperidine rings is 1. The van der Waals surface area contributed by atoms with E-state index in [1.165, 1.54) is 12.5 Å². The highest BCUT2D eigenvalue weighted by atomic mass is 32.2. The summed E-state index contributed by atoms with van der Waals surface area (Å²) in [4.78, 5) is 2.58. The second-order valence-corrected chi connectivity index (χ2v) is 6.51. The predicted molar refractivity (Wildman–Crippen MR) is 61.2 cm³/mol. The van der Waals surface area contributed by atoms with Gasteiger partial charge in [-0.25, -0.2) is 8.42 Å². The van der Waals surface area contributed by atoms with Crippen LogP contribution in [-0.4, -0.2) is 49.9 Å². The summed E-state index contributed by atoms with van der Waals surface area (Å²) in [7, 11) is -1.11. The lowest BCUT2D eigenvalue weighted by Crippen LogP contribution is -2.31. The van der Waals surface area contributed by atoms with Crippen molar-refractivity contribution in [2.75, 3.05) is 26.4 Å². The first-order valence-electron chi connectivity index (χ1n) is 5.40. The molecule has 0 saturated carbocycles. The Kier molecular flexibility index (Phi) is 3.03. The molecule has 16 heavy (non-hydrogen) atoms. The van der Waals surface area contributed by atoms with E-state index in [4.69, 9.17) is 0 Å². The maximum atomic E-state index is 11.6. The van der Waals surface area contributed by atoms with Gasteiger partial charge in [-0.05, 0) is 26.4 Å². The first kappa shape index (κ1) is 11.6. The predicted octanol–water partition coefficient (Wildman–Crippen LogP) is 0.622. The molecule has 0 unspecified atom stereocenters. The molecule has 0 aromatic carbocycles. The minimum absolute atomic E-state index is 0.256. The van der Waals surface area contributed by atoms with E-state index >= 15 is 0 Å². The fourth-order valence-corrected chi connectivity index (χ4v) is 3.13. The number of aromatic amines is 1. The van der Waals surface area contributed by atoms with Crippen LogP contribution < -0.4 is 0 Å². The van der Waals surface area contributed by atoms with Gasteiger partial charge < -0.3 is 4.90 Å². The molecule has 1 atom stereocenters. The highest BCUT2D eigenvalue weighted by Crippen LogP contribution is 2.28. The normalized spacial score (nSPS) is 23.5. The van der Waals surface area contributed by atoms with E-state index in [1.807, 2.05) is 0 Å². The van der Waals surface area contributed by atoms with E-state index in [2.05, 4.69) is 22.1 Å². The molecule has 90 valence electrons. The number of aromatic nitrogens is 2. The minimum atomic E-state index is -3.17. The summed E-state index contributed by atoms with van der Waals surface area (Å²) in [5, 5.41) is 6.71. The summed E-state index contributed by atoms with van der Waals surface area (Å²) >= 11 is 0. The zero-order chi connectivity index (χ0) is 11.8. The molecule has 0 spiro atoms. The smallest absolute Gasteiger partial charge is 0.178 e. The molecule has 1 fully saturated rings. The zero-order valence-corrected chi connectivity index (χ0v) is 10.4. The van der Waals surface area contributed by atoms with Crippen LogP contribution in [0.15, 0.2) is 11.1 Å². The average molecular weight is 243 g/mol. The third-order valence-corrected chi connectivity index (χ3v) is 4.19. The molecule has 2 rings (SSSR count). The highest BCUT2D eigenvalue weighted by Gasteiger charge is 2.26. The SMILES string of the molecule is CN1CCC[C@@H](c2[nH]ncc2S(C)(=O)=O)C1. The maximum Gasteiger partial charge on any atom is 0.178 e. The lowest BCUT2D eigenvalue weighted by molar-refractivity contribution is 0.247. The van der Waals surface area contributed by atoms with E-state index in [0.717, 1.165) is 31.6 Å². The number of hydrogen-bond acceptors (Lipinski definition) is 4. The first-order valence-corrected chi connectivity index (χ1v) is 7.29. The highest BCUT2D eigenvalue weighted by molar-refractivity contribution is 7.90. The van der Waals surface area contributed by atoms with Gasteiger partial charge in [0.25, 0.3) is 0 Å². The van der Waals surface area contributed by atoms with Gasteiger partial charge in [0, 0.05) is 18.7 Å². The fraction of sp³-hybridized carbons (Fsp3) is 0.700. The number of nitrogens with one attached hydrogen (secondary N) is 1. The number of likely N-dealkylation sites (tertiary alicyclic amines) is 1. The molecule has 1 aromatic heterocycles. The number of H-pyrrole nitrogens is 1. The molecule has 6 heteroatoms. The number of hydrogen-bond donors (Lipinski definition) is 1. The summed E-state index contributed by atoms with van der Waals surface area (Å²) in [5.74, 6) is 0.256. The second kappa shape index (κ2) is 4.18. The Morgan fingerprint density at radius 2 is 2.31 bits per heavy atom. The van der Waals surface area contributed by atoms with Crippen LogP contribution in [0, 0.1) is 0 Å². The molecule has 0 aliphatic carbocycles. The standard InChI is InChI=1S/C10H17N3O2S/c1-13-5-3-4-8(7-13)10-9(6-11-12-10)16(2,14)15/h6,8H,3-5,7H2,1-2H3,(H,11,12)/t8-/m1/s1. The van der Waals surface area contributed by atoms with Gasteiger partial charge in [-0.1, -0.05) is 0 Å². The van der Waals surface area contributed by atoms with Crippen LogP contribution in [0.4, 0.5) is 0 Å². The molecule has 1 aliphatic heterocycles. The summed E-state index contributed by atoms with van der Waals surface area (Å²) in [6, 6.07) is 0. The molecule has 0 bridgehead atoms. The van der Waals surface area contributed by atoms with Crippen molar-refractivity contribution in [1.82, 2.24) is 15.1 Å². The van der Waals surface area contributed by atoms with Gasteiger partial charge in [-0.3, -0.25) is 5.10 Å². The van der Waals surface area contributed by atoms with Gasteiger partial charge in [0.1, 0.15) is 4.90 Å². The third kappa shape index (κ3) is 2.27. The Bertz CT molecular complexity index is 466. The van der Waals surface area contributed by atoms with E-state index in [9.17, 15) is 8.42 Å². The molecule has 1 saturated heterocycles. The van der Waals surface area contributed by atoms with Gasteiger partial charge in [0.15, 0.2) is 9.84 Å². The van der Waals surface area contributed by atoms with Gasteiger partial charge in [-0.15, -0.1) is 0 Å². The Labute approximate surface area is 95.8 Å². The topological polar surface area (TPSA) is 66.1 Å². The van der Waals surface area contributed by atoms with Gasteiger partial charge in [0.2, 0.25) is 0 Å². The van der Waals surface area contributed by atoms with Crippen LogP contribution in [0.2, 0.25) is 0 Å². The summed E-state index contributed by atoms with van der Waals surface area (Å²) in [6.07, 6.45) is 4.77. The van der Waals surface area contributed by atoms with Crippen LogP contribution in [0.3, 0.4) is 0 Å². The van der Waals surface area contributed by atoms with E-state index in [-0.39, 0.29) is 5.92 Å². The zero-order valence-electron chi connectivity index (χ0n) is 9.60. The van der Waals surface area contributed by atoms with Crippen molar-refractivity contribution in [2.45, 2.75) is 23.7 Å². The first-order chi connectivity index (χ1) is 7.48. The Morgan fingerprint density at radius 1 is 1.56 bits per heavy atom. The monoisotopic (exact) mass is 243 g/mol. The largest absolute Gasteiger partial charge is 0.306 e. The fourth-order valence-electron chi connectivity index (χ4n) is 2.28.